The number of aliphatic imine (C=N–C) groups is 1. The zero-order valence-corrected chi connectivity index (χ0v) is 21.7. The van der Waals surface area contributed by atoms with Crippen LogP contribution in [0.1, 0.15) is 25.8 Å². The van der Waals surface area contributed by atoms with E-state index in [1.807, 2.05) is 25.1 Å². The van der Waals surface area contributed by atoms with E-state index in [4.69, 9.17) is 4.74 Å². The molecule has 180 valence electrons. The van der Waals surface area contributed by atoms with Gasteiger partial charge < -0.3 is 15.4 Å². The third-order valence-electron chi connectivity index (χ3n) is 6.61. The van der Waals surface area contributed by atoms with Gasteiger partial charge in [0.25, 0.3) is 0 Å². The first kappa shape index (κ1) is 25.7. The largest absolute Gasteiger partial charge is 0.376 e. The topological polar surface area (TPSA) is 83.0 Å². The van der Waals surface area contributed by atoms with Gasteiger partial charge in [-0.3, -0.25) is 19.5 Å². The molecule has 1 heterocycles. The highest BCUT2D eigenvalue weighted by Crippen LogP contribution is 2.52. The summed E-state index contributed by atoms with van der Waals surface area (Å²) in [6.45, 7) is 7.60. The minimum absolute atomic E-state index is 0. The van der Waals surface area contributed by atoms with Crippen LogP contribution >= 0.6 is 24.0 Å². The van der Waals surface area contributed by atoms with Gasteiger partial charge in [0.15, 0.2) is 5.96 Å². The lowest BCUT2D eigenvalue weighted by Crippen LogP contribution is -2.44. The molecule has 7 nitrogen and oxygen atoms in total. The lowest BCUT2D eigenvalue weighted by atomic mass is 9.85. The second kappa shape index (κ2) is 12.0. The number of nitrogens with one attached hydrogen (secondary N) is 2. The van der Waals surface area contributed by atoms with Crippen molar-refractivity contribution < 1.29 is 14.3 Å². The molecular formula is C25H35IN4O3. The Bertz CT molecular complexity index is 846. The predicted molar refractivity (Wildman–Crippen MR) is 139 cm³/mol. The molecule has 1 saturated carbocycles. The Kier molecular flexibility index (Phi) is 9.31. The fourth-order valence-corrected chi connectivity index (χ4v) is 5.06. The summed E-state index contributed by atoms with van der Waals surface area (Å²) in [7, 11) is 0. The molecule has 8 heteroatoms. The van der Waals surface area contributed by atoms with Crippen LogP contribution in [0.15, 0.2) is 47.5 Å². The number of hydrogen-bond donors (Lipinski definition) is 2. The van der Waals surface area contributed by atoms with Crippen LogP contribution in [0.5, 0.6) is 0 Å². The number of imide groups is 1. The smallest absolute Gasteiger partial charge is 0.233 e. The van der Waals surface area contributed by atoms with E-state index in [0.29, 0.717) is 38.8 Å². The lowest BCUT2D eigenvalue weighted by molar-refractivity contribution is -0.140. The van der Waals surface area contributed by atoms with Crippen LogP contribution < -0.4 is 10.6 Å². The van der Waals surface area contributed by atoms with Gasteiger partial charge in [-0.25, -0.2) is 0 Å². The summed E-state index contributed by atoms with van der Waals surface area (Å²) < 4.78 is 5.81. The van der Waals surface area contributed by atoms with Gasteiger partial charge in [-0.05, 0) is 36.7 Å². The molecule has 0 aromatic heterocycles. The molecule has 33 heavy (non-hydrogen) atoms. The zero-order valence-electron chi connectivity index (χ0n) is 19.4. The second-order valence-electron chi connectivity index (χ2n) is 9.08. The molecule has 0 spiro atoms. The van der Waals surface area contributed by atoms with E-state index in [1.165, 1.54) is 4.90 Å². The Hall–Kier alpha value is -1.94. The van der Waals surface area contributed by atoms with E-state index < -0.39 is 0 Å². The van der Waals surface area contributed by atoms with Crippen molar-refractivity contribution in [2.75, 3.05) is 32.8 Å². The number of guanidine groups is 1. The highest BCUT2D eigenvalue weighted by molar-refractivity contribution is 14.0. The molecular weight excluding hydrogens is 531 g/mol. The Morgan fingerprint density at radius 3 is 2.42 bits per heavy atom. The van der Waals surface area contributed by atoms with Gasteiger partial charge in [0.2, 0.25) is 11.8 Å². The number of carbonyl (C=O) groups excluding carboxylic acids is 2. The van der Waals surface area contributed by atoms with Crippen LogP contribution in [0.3, 0.4) is 0 Å². The first-order valence-electron chi connectivity index (χ1n) is 11.8. The fraction of sp³-hybridized carbons (Fsp3) is 0.560. The number of benzene rings is 1. The van der Waals surface area contributed by atoms with Crippen molar-refractivity contribution in [3.8, 4) is 0 Å². The first-order chi connectivity index (χ1) is 15.6. The number of amides is 2. The average Bonchev–Trinajstić information content (AvgIpc) is 3.48. The predicted octanol–water partition coefficient (Wildman–Crippen LogP) is 2.82. The molecule has 5 atom stereocenters. The number of nitrogens with zero attached hydrogens (tertiary/aromatic N) is 2. The summed E-state index contributed by atoms with van der Waals surface area (Å²) in [5.74, 6) is 1.23. The van der Waals surface area contributed by atoms with Gasteiger partial charge in [0.1, 0.15) is 0 Å². The van der Waals surface area contributed by atoms with Crippen LogP contribution in [-0.2, 0) is 20.9 Å². The molecule has 2 amide bonds. The van der Waals surface area contributed by atoms with Gasteiger partial charge in [0.05, 0.1) is 25.0 Å². The summed E-state index contributed by atoms with van der Waals surface area (Å²) in [4.78, 5) is 31.7. The van der Waals surface area contributed by atoms with Crippen LogP contribution in [0.2, 0.25) is 0 Å². The first-order valence-corrected chi connectivity index (χ1v) is 11.8. The molecule has 1 aromatic carbocycles. The van der Waals surface area contributed by atoms with Gasteiger partial charge >= 0.3 is 0 Å². The summed E-state index contributed by atoms with van der Waals surface area (Å²) in [5, 5.41) is 6.50. The highest BCUT2D eigenvalue weighted by atomic mass is 127. The Morgan fingerprint density at radius 2 is 1.79 bits per heavy atom. The summed E-state index contributed by atoms with van der Waals surface area (Å²) in [6.07, 6.45) is 5.21. The van der Waals surface area contributed by atoms with Crippen molar-refractivity contribution in [1.29, 1.82) is 0 Å². The van der Waals surface area contributed by atoms with Crippen LogP contribution in [0, 0.1) is 29.6 Å². The van der Waals surface area contributed by atoms with Gasteiger partial charge in [-0.1, -0.05) is 49.4 Å². The van der Waals surface area contributed by atoms with Crippen LogP contribution in [0.4, 0.5) is 0 Å². The molecule has 5 unspecified atom stereocenters. The average molecular weight is 566 g/mol. The van der Waals surface area contributed by atoms with Crippen molar-refractivity contribution in [2.24, 2.45) is 34.6 Å². The van der Waals surface area contributed by atoms with Gasteiger partial charge in [0, 0.05) is 26.2 Å². The standard InChI is InChI=1S/C25H34N4O3.HI/c1-3-26-25(28-14-17(2)15-32-16-18-7-5-4-6-8-18)27-11-12-29-23(30)21-19-9-10-20(13-19)22(21)24(29)31;/h4-10,17,19-22H,3,11-16H2,1-2H3,(H2,26,27,28);1H. The van der Waals surface area contributed by atoms with Crippen molar-refractivity contribution in [2.45, 2.75) is 26.9 Å². The number of ether oxygens (including phenoxy) is 1. The molecule has 0 radical (unpaired) electrons. The van der Waals surface area contributed by atoms with E-state index in [1.54, 1.807) is 0 Å². The molecule has 1 saturated heterocycles. The lowest BCUT2D eigenvalue weighted by Gasteiger charge is -2.19. The van der Waals surface area contributed by atoms with Crippen molar-refractivity contribution >= 4 is 41.8 Å². The van der Waals surface area contributed by atoms with Gasteiger partial charge in [-0.15, -0.1) is 24.0 Å². The maximum absolute atomic E-state index is 12.8. The number of hydrogen-bond acceptors (Lipinski definition) is 4. The van der Waals surface area contributed by atoms with E-state index in [-0.39, 0.29) is 65.4 Å². The summed E-state index contributed by atoms with van der Waals surface area (Å²) in [5.41, 5.74) is 1.16. The molecule has 2 aliphatic carbocycles. The second-order valence-corrected chi connectivity index (χ2v) is 9.08. The molecule has 1 aliphatic heterocycles. The van der Waals surface area contributed by atoms with Crippen LogP contribution in [0.25, 0.3) is 0 Å². The SMILES string of the molecule is CCNC(=NCC(C)COCc1ccccc1)NCCN1C(=O)C2C3C=CC(C3)C2C1=O.I. The summed E-state index contributed by atoms with van der Waals surface area (Å²) in [6, 6.07) is 10.1. The van der Waals surface area contributed by atoms with Gasteiger partial charge in [-0.2, -0.15) is 0 Å². The Labute approximate surface area is 213 Å². The fourth-order valence-electron chi connectivity index (χ4n) is 5.06. The number of allylic oxidation sites excluding steroid dienone is 2. The number of rotatable bonds is 10. The molecule has 2 bridgehead atoms. The maximum Gasteiger partial charge on any atom is 0.233 e. The molecule has 4 rings (SSSR count). The van der Waals surface area contributed by atoms with Crippen LogP contribution in [-0.4, -0.2) is 55.5 Å². The molecule has 2 fully saturated rings. The number of carbonyl (C=O) groups is 2. The quantitative estimate of drug-likeness (QED) is 0.150. The zero-order chi connectivity index (χ0) is 22.5. The van der Waals surface area contributed by atoms with E-state index in [0.717, 1.165) is 18.5 Å². The van der Waals surface area contributed by atoms with E-state index in [2.05, 4.69) is 46.8 Å². The Balaban J connectivity index is 0.00000306. The number of fused-ring (bicyclic) bond motifs is 5. The minimum atomic E-state index is -0.129. The summed E-state index contributed by atoms with van der Waals surface area (Å²) >= 11 is 0. The third-order valence-corrected chi connectivity index (χ3v) is 6.61. The van der Waals surface area contributed by atoms with E-state index >= 15 is 0 Å². The van der Waals surface area contributed by atoms with E-state index in [9.17, 15) is 9.59 Å². The Morgan fingerprint density at radius 1 is 1.12 bits per heavy atom. The van der Waals surface area contributed by atoms with Crippen molar-refractivity contribution in [3.05, 3.63) is 48.0 Å². The number of halogens is 1. The molecule has 3 aliphatic rings. The molecule has 2 N–H and O–H groups in total. The maximum atomic E-state index is 12.8. The number of likely N-dealkylation sites (tertiary alicyclic amines) is 1. The highest BCUT2D eigenvalue weighted by Gasteiger charge is 2.58. The third kappa shape index (κ3) is 5.95. The van der Waals surface area contributed by atoms with Crippen molar-refractivity contribution in [3.63, 3.8) is 0 Å². The van der Waals surface area contributed by atoms with Crippen molar-refractivity contribution in [1.82, 2.24) is 15.5 Å². The molecule has 1 aromatic rings. The minimum Gasteiger partial charge on any atom is -0.376 e. The monoisotopic (exact) mass is 566 g/mol. The normalized spacial score (nSPS) is 26.4.